The minimum atomic E-state index is -0.131. The van der Waals surface area contributed by atoms with E-state index in [1.807, 2.05) is 18.4 Å². The van der Waals surface area contributed by atoms with E-state index >= 15 is 0 Å². The van der Waals surface area contributed by atoms with Crippen LogP contribution in [0.3, 0.4) is 0 Å². The number of hydrogen-bond acceptors (Lipinski definition) is 4. The maximum absolute atomic E-state index is 12.5. The van der Waals surface area contributed by atoms with E-state index in [2.05, 4.69) is 29.1 Å². The number of nitrogens with one attached hydrogen (secondary N) is 1. The minimum Gasteiger partial charge on any atom is -0.300 e. The molecule has 0 atom stereocenters. The smallest absolute Gasteiger partial charge is 0.277 e. The standard InChI is InChI=1S/C13H19N5OS/c1-5-17-11(14-15-13(17)20)10-6-9(4)16-18(12(10)19)7-8(2)3/h6,8H,5,7H2,1-4H3,(H,15,20). The molecule has 0 unspecified atom stereocenters. The van der Waals surface area contributed by atoms with Gasteiger partial charge < -0.3 is 4.57 Å². The van der Waals surface area contributed by atoms with Crippen molar-refractivity contribution >= 4 is 12.2 Å². The highest BCUT2D eigenvalue weighted by atomic mass is 32.1. The van der Waals surface area contributed by atoms with Crippen molar-refractivity contribution < 1.29 is 0 Å². The summed E-state index contributed by atoms with van der Waals surface area (Å²) in [6.45, 7) is 9.20. The maximum Gasteiger partial charge on any atom is 0.277 e. The van der Waals surface area contributed by atoms with Crippen molar-refractivity contribution in [1.29, 1.82) is 0 Å². The molecular formula is C13H19N5OS. The Hall–Kier alpha value is -1.76. The van der Waals surface area contributed by atoms with Crippen molar-refractivity contribution in [2.75, 3.05) is 0 Å². The number of aromatic nitrogens is 5. The van der Waals surface area contributed by atoms with Crippen molar-refractivity contribution in [3.63, 3.8) is 0 Å². The molecule has 0 aliphatic heterocycles. The fraction of sp³-hybridized carbons (Fsp3) is 0.538. The SMILES string of the molecule is CCn1c(-c2cc(C)nn(CC(C)C)c2=O)n[nH]c1=S. The van der Waals surface area contributed by atoms with Gasteiger partial charge in [-0.2, -0.15) is 10.2 Å². The average Bonchev–Trinajstić information content (AvgIpc) is 2.73. The van der Waals surface area contributed by atoms with Gasteiger partial charge in [0.05, 0.1) is 11.3 Å². The molecule has 2 heterocycles. The van der Waals surface area contributed by atoms with Gasteiger partial charge in [0.1, 0.15) is 0 Å². The van der Waals surface area contributed by atoms with Crippen LogP contribution in [0.5, 0.6) is 0 Å². The molecule has 2 rings (SSSR count). The summed E-state index contributed by atoms with van der Waals surface area (Å²) in [5.41, 5.74) is 1.19. The Kier molecular flexibility index (Phi) is 4.17. The summed E-state index contributed by atoms with van der Waals surface area (Å²) in [6.07, 6.45) is 0. The molecule has 0 saturated carbocycles. The van der Waals surface area contributed by atoms with Gasteiger partial charge in [-0.25, -0.2) is 4.68 Å². The molecule has 0 saturated heterocycles. The zero-order valence-corrected chi connectivity index (χ0v) is 13.0. The van der Waals surface area contributed by atoms with Crippen LogP contribution in [0.2, 0.25) is 0 Å². The summed E-state index contributed by atoms with van der Waals surface area (Å²) in [4.78, 5) is 12.5. The van der Waals surface area contributed by atoms with Crippen molar-refractivity contribution in [2.24, 2.45) is 5.92 Å². The highest BCUT2D eigenvalue weighted by Crippen LogP contribution is 2.14. The molecule has 2 aromatic heterocycles. The maximum atomic E-state index is 12.5. The Balaban J connectivity index is 2.65. The highest BCUT2D eigenvalue weighted by Gasteiger charge is 2.15. The normalized spacial score (nSPS) is 11.2. The van der Waals surface area contributed by atoms with Crippen LogP contribution in [-0.2, 0) is 13.1 Å². The van der Waals surface area contributed by atoms with Crippen LogP contribution in [0.25, 0.3) is 11.4 Å². The third kappa shape index (κ3) is 2.72. The molecule has 6 nitrogen and oxygen atoms in total. The number of H-pyrrole nitrogens is 1. The van der Waals surface area contributed by atoms with Crippen molar-refractivity contribution in [1.82, 2.24) is 24.5 Å². The summed E-state index contributed by atoms with van der Waals surface area (Å²) in [6, 6.07) is 1.76. The van der Waals surface area contributed by atoms with Crippen molar-refractivity contribution in [2.45, 2.75) is 40.8 Å². The van der Waals surface area contributed by atoms with E-state index in [-0.39, 0.29) is 5.56 Å². The van der Waals surface area contributed by atoms with Gasteiger partial charge >= 0.3 is 0 Å². The molecule has 0 aliphatic rings. The third-order valence-corrected chi connectivity index (χ3v) is 3.26. The van der Waals surface area contributed by atoms with Gasteiger partial charge in [0.15, 0.2) is 10.6 Å². The van der Waals surface area contributed by atoms with E-state index in [0.29, 0.717) is 35.2 Å². The molecule has 20 heavy (non-hydrogen) atoms. The fourth-order valence-electron chi connectivity index (χ4n) is 2.12. The third-order valence-electron chi connectivity index (χ3n) is 2.95. The average molecular weight is 293 g/mol. The van der Waals surface area contributed by atoms with E-state index in [0.717, 1.165) is 5.69 Å². The zero-order chi connectivity index (χ0) is 14.9. The Labute approximate surface area is 122 Å². The second-order valence-electron chi connectivity index (χ2n) is 5.18. The largest absolute Gasteiger partial charge is 0.300 e. The molecule has 2 aromatic rings. The molecule has 0 amide bonds. The lowest BCUT2D eigenvalue weighted by molar-refractivity contribution is 0.461. The Morgan fingerprint density at radius 2 is 2.15 bits per heavy atom. The van der Waals surface area contributed by atoms with Gasteiger partial charge in [-0.05, 0) is 38.0 Å². The number of hydrogen-bond donors (Lipinski definition) is 1. The predicted molar refractivity (Wildman–Crippen MR) is 80.2 cm³/mol. The van der Waals surface area contributed by atoms with Gasteiger partial charge in [0.2, 0.25) is 0 Å². The lowest BCUT2D eigenvalue weighted by Gasteiger charge is -2.11. The van der Waals surface area contributed by atoms with Gasteiger partial charge in [0.25, 0.3) is 5.56 Å². The molecular weight excluding hydrogens is 274 g/mol. The van der Waals surface area contributed by atoms with Crippen LogP contribution in [0.15, 0.2) is 10.9 Å². The Bertz CT molecular complexity index is 725. The Morgan fingerprint density at radius 3 is 2.75 bits per heavy atom. The van der Waals surface area contributed by atoms with Crippen LogP contribution in [-0.4, -0.2) is 24.5 Å². The molecule has 0 fully saturated rings. The van der Waals surface area contributed by atoms with E-state index in [9.17, 15) is 4.79 Å². The number of nitrogens with zero attached hydrogens (tertiary/aromatic N) is 4. The topological polar surface area (TPSA) is 68.5 Å². The molecule has 0 aromatic carbocycles. The summed E-state index contributed by atoms with van der Waals surface area (Å²) in [5.74, 6) is 0.923. The van der Waals surface area contributed by atoms with Crippen LogP contribution >= 0.6 is 12.2 Å². The van der Waals surface area contributed by atoms with Crippen LogP contribution < -0.4 is 5.56 Å². The van der Waals surface area contributed by atoms with E-state index in [1.54, 1.807) is 6.07 Å². The van der Waals surface area contributed by atoms with Gasteiger partial charge in [0, 0.05) is 13.1 Å². The molecule has 0 bridgehead atoms. The second kappa shape index (κ2) is 5.70. The van der Waals surface area contributed by atoms with Gasteiger partial charge in [-0.1, -0.05) is 13.8 Å². The van der Waals surface area contributed by atoms with Gasteiger partial charge in [-0.3, -0.25) is 9.89 Å². The molecule has 7 heteroatoms. The van der Waals surface area contributed by atoms with E-state index in [4.69, 9.17) is 12.2 Å². The number of aryl methyl sites for hydroxylation is 1. The molecule has 0 spiro atoms. The minimum absolute atomic E-state index is 0.131. The van der Waals surface area contributed by atoms with E-state index < -0.39 is 0 Å². The highest BCUT2D eigenvalue weighted by molar-refractivity contribution is 7.71. The molecule has 108 valence electrons. The van der Waals surface area contributed by atoms with Crippen LogP contribution in [0.4, 0.5) is 0 Å². The lowest BCUT2D eigenvalue weighted by atomic mass is 10.2. The number of aromatic amines is 1. The first-order chi connectivity index (χ1) is 9.43. The van der Waals surface area contributed by atoms with E-state index in [1.165, 1.54) is 4.68 Å². The first-order valence-electron chi connectivity index (χ1n) is 6.68. The first kappa shape index (κ1) is 14.6. The van der Waals surface area contributed by atoms with Crippen LogP contribution in [0, 0.1) is 17.6 Å². The van der Waals surface area contributed by atoms with Crippen LogP contribution in [0.1, 0.15) is 26.5 Å². The summed E-state index contributed by atoms with van der Waals surface area (Å²) >= 11 is 5.17. The quantitative estimate of drug-likeness (QED) is 0.877. The predicted octanol–water partition coefficient (Wildman–Crippen LogP) is 2.15. The monoisotopic (exact) mass is 293 g/mol. The first-order valence-corrected chi connectivity index (χ1v) is 7.09. The zero-order valence-electron chi connectivity index (χ0n) is 12.2. The Morgan fingerprint density at radius 1 is 1.45 bits per heavy atom. The number of rotatable bonds is 4. The fourth-order valence-corrected chi connectivity index (χ4v) is 2.38. The summed E-state index contributed by atoms with van der Waals surface area (Å²) in [7, 11) is 0. The molecule has 1 N–H and O–H groups in total. The molecule has 0 radical (unpaired) electrons. The van der Waals surface area contributed by atoms with Crippen molar-refractivity contribution in [3.8, 4) is 11.4 Å². The lowest BCUT2D eigenvalue weighted by Crippen LogP contribution is -2.27. The summed E-state index contributed by atoms with van der Waals surface area (Å²) in [5, 5.41) is 11.2. The van der Waals surface area contributed by atoms with Crippen molar-refractivity contribution in [3.05, 3.63) is 26.9 Å². The second-order valence-corrected chi connectivity index (χ2v) is 5.56. The molecule has 0 aliphatic carbocycles. The van der Waals surface area contributed by atoms with Gasteiger partial charge in [-0.15, -0.1) is 0 Å². The summed E-state index contributed by atoms with van der Waals surface area (Å²) < 4.78 is 3.84.